The van der Waals surface area contributed by atoms with Crippen LogP contribution in [0.2, 0.25) is 5.22 Å². The first-order chi connectivity index (χ1) is 5.41. The van der Waals surface area contributed by atoms with Crippen molar-refractivity contribution in [1.29, 1.82) is 0 Å². The molecule has 1 heterocycles. The monoisotopic (exact) mass is 187 g/mol. The van der Waals surface area contributed by atoms with Crippen LogP contribution in [0, 0.1) is 5.41 Å². The van der Waals surface area contributed by atoms with Gasteiger partial charge in [0.25, 0.3) is 0 Å². The number of halogens is 1. The van der Waals surface area contributed by atoms with Crippen molar-refractivity contribution in [3.63, 3.8) is 0 Å². The van der Waals surface area contributed by atoms with E-state index in [4.69, 9.17) is 21.8 Å². The molecule has 1 rings (SSSR count). The van der Waals surface area contributed by atoms with Crippen LogP contribution >= 0.6 is 11.6 Å². The molecule has 2 nitrogen and oxygen atoms in total. The van der Waals surface area contributed by atoms with Crippen molar-refractivity contribution < 1.29 is 4.42 Å². The van der Waals surface area contributed by atoms with Crippen LogP contribution in [0.5, 0.6) is 0 Å². The standard InChI is InChI=1S/C9H14ClNO/c1-9(2,3)8(11)6-4-5-7(10)12-6/h4-5,8H,11H2,1-3H3/t8-/m1/s1. The zero-order chi connectivity index (χ0) is 9.35. The lowest BCUT2D eigenvalue weighted by Crippen LogP contribution is -2.25. The minimum atomic E-state index is -0.106. The Morgan fingerprint density at radius 3 is 2.33 bits per heavy atom. The molecule has 0 saturated carbocycles. The van der Waals surface area contributed by atoms with Crippen molar-refractivity contribution in [2.75, 3.05) is 0 Å². The Balaban J connectivity index is 2.85. The zero-order valence-electron chi connectivity index (χ0n) is 7.60. The van der Waals surface area contributed by atoms with Gasteiger partial charge in [0.1, 0.15) is 5.76 Å². The maximum Gasteiger partial charge on any atom is 0.193 e. The Kier molecular flexibility index (Phi) is 2.49. The molecule has 0 bridgehead atoms. The average molecular weight is 188 g/mol. The second-order valence-corrected chi connectivity index (χ2v) is 4.36. The second kappa shape index (κ2) is 3.11. The van der Waals surface area contributed by atoms with Gasteiger partial charge in [0.15, 0.2) is 5.22 Å². The normalized spacial score (nSPS) is 14.8. The molecule has 0 unspecified atom stereocenters. The number of hydrogen-bond donors (Lipinski definition) is 1. The van der Waals surface area contributed by atoms with Gasteiger partial charge in [-0.05, 0) is 29.1 Å². The summed E-state index contributed by atoms with van der Waals surface area (Å²) in [5.41, 5.74) is 5.93. The highest BCUT2D eigenvalue weighted by Crippen LogP contribution is 2.32. The van der Waals surface area contributed by atoms with Crippen LogP contribution in [0.3, 0.4) is 0 Å². The molecule has 1 aromatic heterocycles. The number of rotatable bonds is 1. The Labute approximate surface area is 77.7 Å². The highest BCUT2D eigenvalue weighted by Gasteiger charge is 2.24. The molecule has 0 aliphatic carbocycles. The van der Waals surface area contributed by atoms with Gasteiger partial charge in [-0.25, -0.2) is 0 Å². The van der Waals surface area contributed by atoms with Crippen LogP contribution in [0.15, 0.2) is 16.5 Å². The Morgan fingerprint density at radius 2 is 2.00 bits per heavy atom. The van der Waals surface area contributed by atoms with E-state index in [-0.39, 0.29) is 11.5 Å². The lowest BCUT2D eigenvalue weighted by Gasteiger charge is -2.24. The smallest absolute Gasteiger partial charge is 0.193 e. The minimum absolute atomic E-state index is 0.00117. The molecule has 0 amide bonds. The van der Waals surface area contributed by atoms with Gasteiger partial charge in [0.05, 0.1) is 6.04 Å². The van der Waals surface area contributed by atoms with Gasteiger partial charge >= 0.3 is 0 Å². The van der Waals surface area contributed by atoms with Crippen LogP contribution in [-0.2, 0) is 0 Å². The molecule has 0 fully saturated rings. The van der Waals surface area contributed by atoms with Gasteiger partial charge < -0.3 is 10.2 Å². The summed E-state index contributed by atoms with van der Waals surface area (Å²) in [4.78, 5) is 0. The summed E-state index contributed by atoms with van der Waals surface area (Å²) in [6.07, 6.45) is 0. The first kappa shape index (κ1) is 9.62. The molecule has 0 aliphatic heterocycles. The van der Waals surface area contributed by atoms with Crippen molar-refractivity contribution in [1.82, 2.24) is 0 Å². The van der Waals surface area contributed by atoms with Crippen LogP contribution < -0.4 is 5.73 Å². The largest absolute Gasteiger partial charge is 0.448 e. The van der Waals surface area contributed by atoms with Gasteiger partial charge in [-0.1, -0.05) is 20.8 Å². The lowest BCUT2D eigenvalue weighted by molar-refractivity contribution is 0.285. The highest BCUT2D eigenvalue weighted by atomic mass is 35.5. The van der Waals surface area contributed by atoms with Crippen molar-refractivity contribution in [3.8, 4) is 0 Å². The molecule has 1 atom stereocenters. The van der Waals surface area contributed by atoms with Crippen molar-refractivity contribution in [3.05, 3.63) is 23.1 Å². The topological polar surface area (TPSA) is 39.2 Å². The van der Waals surface area contributed by atoms with Gasteiger partial charge in [-0.3, -0.25) is 0 Å². The molecular formula is C9H14ClNO. The maximum atomic E-state index is 5.93. The van der Waals surface area contributed by atoms with E-state index in [1.807, 2.05) is 6.07 Å². The minimum Gasteiger partial charge on any atom is -0.448 e. The van der Waals surface area contributed by atoms with Crippen molar-refractivity contribution in [2.24, 2.45) is 11.1 Å². The second-order valence-electron chi connectivity index (χ2n) is 3.99. The summed E-state index contributed by atoms with van der Waals surface area (Å²) in [5, 5.41) is 0.393. The third kappa shape index (κ3) is 2.02. The fourth-order valence-corrected chi connectivity index (χ4v) is 1.07. The van der Waals surface area contributed by atoms with Crippen molar-refractivity contribution >= 4 is 11.6 Å². The number of furan rings is 1. The molecule has 1 aromatic rings. The van der Waals surface area contributed by atoms with Gasteiger partial charge in [-0.15, -0.1) is 0 Å². The van der Waals surface area contributed by atoms with Gasteiger partial charge in [-0.2, -0.15) is 0 Å². The molecule has 12 heavy (non-hydrogen) atoms. The first-order valence-corrected chi connectivity index (χ1v) is 4.30. The molecular weight excluding hydrogens is 174 g/mol. The predicted octanol–water partition coefficient (Wildman–Crippen LogP) is 2.98. The van der Waals surface area contributed by atoms with E-state index in [0.29, 0.717) is 5.22 Å². The molecule has 0 radical (unpaired) electrons. The van der Waals surface area contributed by atoms with E-state index in [0.717, 1.165) is 5.76 Å². The Bertz CT molecular complexity index is 262. The number of nitrogens with two attached hydrogens (primary N) is 1. The van der Waals surface area contributed by atoms with E-state index < -0.39 is 0 Å². The van der Waals surface area contributed by atoms with Crippen LogP contribution in [0.25, 0.3) is 0 Å². The van der Waals surface area contributed by atoms with E-state index in [1.54, 1.807) is 6.07 Å². The van der Waals surface area contributed by atoms with Gasteiger partial charge in [0.2, 0.25) is 0 Å². The quantitative estimate of drug-likeness (QED) is 0.734. The Morgan fingerprint density at radius 1 is 1.42 bits per heavy atom. The lowest BCUT2D eigenvalue weighted by atomic mass is 9.86. The highest BCUT2D eigenvalue weighted by molar-refractivity contribution is 6.28. The molecule has 68 valence electrons. The van der Waals surface area contributed by atoms with Crippen LogP contribution in [0.1, 0.15) is 32.6 Å². The summed E-state index contributed by atoms with van der Waals surface area (Å²) >= 11 is 5.63. The third-order valence-electron chi connectivity index (χ3n) is 1.83. The molecule has 0 aromatic carbocycles. The van der Waals surface area contributed by atoms with E-state index >= 15 is 0 Å². The zero-order valence-corrected chi connectivity index (χ0v) is 8.35. The summed E-state index contributed by atoms with van der Waals surface area (Å²) in [6, 6.07) is 3.42. The molecule has 0 saturated heterocycles. The third-order valence-corrected chi connectivity index (χ3v) is 2.04. The molecule has 0 aliphatic rings. The first-order valence-electron chi connectivity index (χ1n) is 3.92. The van der Waals surface area contributed by atoms with Crippen LogP contribution in [-0.4, -0.2) is 0 Å². The van der Waals surface area contributed by atoms with Crippen molar-refractivity contribution in [2.45, 2.75) is 26.8 Å². The van der Waals surface area contributed by atoms with Gasteiger partial charge in [0, 0.05) is 0 Å². The summed E-state index contributed by atoms with van der Waals surface area (Å²) in [5.74, 6) is 0.743. The van der Waals surface area contributed by atoms with Crippen LogP contribution in [0.4, 0.5) is 0 Å². The average Bonchev–Trinajstić information content (AvgIpc) is 2.32. The molecule has 0 spiro atoms. The fourth-order valence-electron chi connectivity index (χ4n) is 0.922. The van der Waals surface area contributed by atoms with E-state index in [1.165, 1.54) is 0 Å². The summed E-state index contributed by atoms with van der Waals surface area (Å²) in [7, 11) is 0. The number of hydrogen-bond acceptors (Lipinski definition) is 2. The summed E-state index contributed by atoms with van der Waals surface area (Å²) in [6.45, 7) is 6.19. The molecule has 3 heteroatoms. The molecule has 2 N–H and O–H groups in total. The Hall–Kier alpha value is -0.470. The van der Waals surface area contributed by atoms with E-state index in [9.17, 15) is 0 Å². The maximum absolute atomic E-state index is 5.93. The van der Waals surface area contributed by atoms with E-state index in [2.05, 4.69) is 20.8 Å². The predicted molar refractivity (Wildman–Crippen MR) is 50.1 cm³/mol. The summed E-state index contributed by atoms with van der Waals surface area (Å²) < 4.78 is 5.21. The SMILES string of the molecule is CC(C)(C)[C@H](N)c1ccc(Cl)o1. The fraction of sp³-hybridized carbons (Fsp3) is 0.556.